The average molecular weight is 483 g/mol. The number of rotatable bonds is 5. The summed E-state index contributed by atoms with van der Waals surface area (Å²) in [6.07, 6.45) is 3.15. The number of hydrogen-bond acceptors (Lipinski definition) is 4. The fourth-order valence-electron chi connectivity index (χ4n) is 5.54. The highest BCUT2D eigenvalue weighted by Crippen LogP contribution is 2.45. The van der Waals surface area contributed by atoms with Gasteiger partial charge in [0.2, 0.25) is 5.91 Å². The lowest BCUT2D eigenvalue weighted by Gasteiger charge is -2.45. The summed E-state index contributed by atoms with van der Waals surface area (Å²) in [5.41, 5.74) is 2.30. The van der Waals surface area contributed by atoms with Gasteiger partial charge in [-0.25, -0.2) is 0 Å². The molecular formula is C27H31ClN2O4. The predicted molar refractivity (Wildman–Crippen MR) is 130 cm³/mol. The molecule has 3 aliphatic heterocycles. The minimum absolute atomic E-state index is 0.0246. The van der Waals surface area contributed by atoms with Crippen LogP contribution >= 0.6 is 11.6 Å². The molecule has 2 saturated heterocycles. The number of likely N-dealkylation sites (tertiary alicyclic amines) is 1. The summed E-state index contributed by atoms with van der Waals surface area (Å²) in [5.74, 6) is -1.03. The van der Waals surface area contributed by atoms with Crippen molar-refractivity contribution in [2.24, 2.45) is 0 Å². The number of nitrogens with zero attached hydrogens (tertiary/aromatic N) is 2. The lowest BCUT2D eigenvalue weighted by Crippen LogP contribution is -2.52. The first-order valence-corrected chi connectivity index (χ1v) is 12.6. The van der Waals surface area contributed by atoms with Gasteiger partial charge < -0.3 is 19.3 Å². The normalized spacial score (nSPS) is 23.9. The minimum Gasteiger partial charge on any atom is -0.347 e. The number of hydrogen-bond donors (Lipinski definition) is 0. The molecule has 2 aromatic rings. The summed E-state index contributed by atoms with van der Waals surface area (Å²) in [6, 6.07) is 14.7. The summed E-state index contributed by atoms with van der Waals surface area (Å²) in [5, 5.41) is 0.598. The number of piperidine rings is 1. The molecule has 3 heterocycles. The Morgan fingerprint density at radius 2 is 1.82 bits per heavy atom. The van der Waals surface area contributed by atoms with Crippen LogP contribution in [0.1, 0.15) is 66.1 Å². The van der Waals surface area contributed by atoms with Gasteiger partial charge in [0.25, 0.3) is 5.91 Å². The lowest BCUT2D eigenvalue weighted by molar-refractivity contribution is -0.188. The Kier molecular flexibility index (Phi) is 6.65. The summed E-state index contributed by atoms with van der Waals surface area (Å²) in [6.45, 7) is 5.06. The van der Waals surface area contributed by atoms with Gasteiger partial charge in [0.05, 0.1) is 25.2 Å². The molecule has 6 nitrogen and oxygen atoms in total. The zero-order valence-corrected chi connectivity index (χ0v) is 20.3. The van der Waals surface area contributed by atoms with Crippen LogP contribution in [0.15, 0.2) is 48.5 Å². The molecule has 34 heavy (non-hydrogen) atoms. The van der Waals surface area contributed by atoms with Crippen LogP contribution in [-0.4, -0.2) is 60.2 Å². The monoisotopic (exact) mass is 482 g/mol. The maximum atomic E-state index is 14.2. The third-order valence-corrected chi connectivity index (χ3v) is 7.53. The first-order chi connectivity index (χ1) is 16.5. The molecule has 0 radical (unpaired) electrons. The zero-order chi connectivity index (χ0) is 23.7. The van der Waals surface area contributed by atoms with E-state index in [0.717, 1.165) is 24.0 Å². The number of halogens is 1. The second kappa shape index (κ2) is 9.68. The Morgan fingerprint density at radius 1 is 1.09 bits per heavy atom. The molecule has 180 valence electrons. The molecule has 2 fully saturated rings. The zero-order valence-electron chi connectivity index (χ0n) is 19.5. The van der Waals surface area contributed by atoms with Gasteiger partial charge in [0, 0.05) is 43.1 Å². The molecule has 0 aromatic heterocycles. The van der Waals surface area contributed by atoms with E-state index in [1.54, 1.807) is 0 Å². The van der Waals surface area contributed by atoms with E-state index in [4.69, 9.17) is 21.1 Å². The minimum atomic E-state index is -0.545. The van der Waals surface area contributed by atoms with E-state index in [1.165, 1.54) is 0 Å². The van der Waals surface area contributed by atoms with Crippen LogP contribution in [-0.2, 0) is 14.3 Å². The van der Waals surface area contributed by atoms with Crippen LogP contribution in [0.25, 0.3) is 0 Å². The second-order valence-electron chi connectivity index (χ2n) is 9.35. The third-order valence-electron chi connectivity index (χ3n) is 7.30. The van der Waals surface area contributed by atoms with E-state index in [9.17, 15) is 9.59 Å². The Bertz CT molecular complexity index is 1060. The van der Waals surface area contributed by atoms with Crippen molar-refractivity contribution in [2.45, 2.75) is 50.4 Å². The number of carbonyl (C=O) groups is 2. The largest absolute Gasteiger partial charge is 0.347 e. The molecule has 1 spiro atoms. The average Bonchev–Trinajstić information content (AvgIpc) is 3.31. The highest BCUT2D eigenvalue weighted by Gasteiger charge is 2.47. The van der Waals surface area contributed by atoms with E-state index >= 15 is 0 Å². The molecule has 7 heteroatoms. The van der Waals surface area contributed by atoms with Gasteiger partial charge in [-0.1, -0.05) is 55.3 Å². The van der Waals surface area contributed by atoms with Crippen LogP contribution in [0.2, 0.25) is 5.02 Å². The van der Waals surface area contributed by atoms with Gasteiger partial charge in [0.15, 0.2) is 5.79 Å². The molecule has 0 saturated carbocycles. The fourth-order valence-corrected chi connectivity index (χ4v) is 5.74. The molecular weight excluding hydrogens is 452 g/mol. The molecule has 0 bridgehead atoms. The second-order valence-corrected chi connectivity index (χ2v) is 9.79. The smallest absolute Gasteiger partial charge is 0.254 e. The molecule has 3 aliphatic rings. The first-order valence-electron chi connectivity index (χ1n) is 12.2. The first kappa shape index (κ1) is 23.3. The van der Waals surface area contributed by atoms with E-state index in [-0.39, 0.29) is 11.8 Å². The molecule has 2 atom stereocenters. The van der Waals surface area contributed by atoms with Crippen molar-refractivity contribution < 1.29 is 19.1 Å². The van der Waals surface area contributed by atoms with E-state index < -0.39 is 17.7 Å². The number of carbonyl (C=O) groups excluding carboxylic acids is 2. The predicted octanol–water partition coefficient (Wildman–Crippen LogP) is 4.79. The molecule has 2 aromatic carbocycles. The van der Waals surface area contributed by atoms with Gasteiger partial charge in [-0.15, -0.1) is 0 Å². The maximum absolute atomic E-state index is 14.2. The van der Waals surface area contributed by atoms with Crippen molar-refractivity contribution >= 4 is 23.4 Å². The number of fused-ring (bicyclic) bond motifs is 1. The summed E-state index contributed by atoms with van der Waals surface area (Å²) in [7, 11) is 0. The van der Waals surface area contributed by atoms with Crippen LogP contribution in [0, 0.1) is 0 Å². The van der Waals surface area contributed by atoms with Crippen molar-refractivity contribution in [1.29, 1.82) is 0 Å². The van der Waals surface area contributed by atoms with E-state index in [0.29, 0.717) is 56.3 Å². The van der Waals surface area contributed by atoms with Crippen LogP contribution in [0.4, 0.5) is 0 Å². The number of benzene rings is 2. The van der Waals surface area contributed by atoms with Gasteiger partial charge in [-0.2, -0.15) is 0 Å². The Balaban J connectivity index is 1.54. The summed E-state index contributed by atoms with van der Waals surface area (Å²) >= 11 is 6.37. The van der Waals surface area contributed by atoms with Gasteiger partial charge in [-0.05, 0) is 35.7 Å². The molecule has 0 unspecified atom stereocenters. The standard InChI is InChI=1S/C27H31ClN2O4/c1-2-3-13-30-24(19-7-6-8-20(28)18-19)23(21-9-4-5-10-22(21)25(30)31)26(32)29-14-11-27(12-15-29)33-16-17-34-27/h4-10,18,23-24H,2-3,11-17H2,1H3/t23-,24+/m1/s1. The topological polar surface area (TPSA) is 59.1 Å². The number of ether oxygens (including phenoxy) is 2. The van der Waals surface area contributed by atoms with Crippen LogP contribution in [0.5, 0.6) is 0 Å². The highest BCUT2D eigenvalue weighted by molar-refractivity contribution is 6.30. The van der Waals surface area contributed by atoms with Gasteiger partial charge >= 0.3 is 0 Å². The van der Waals surface area contributed by atoms with E-state index in [2.05, 4.69) is 6.92 Å². The molecule has 0 aliphatic carbocycles. The van der Waals surface area contributed by atoms with Crippen molar-refractivity contribution in [3.05, 3.63) is 70.2 Å². The summed E-state index contributed by atoms with van der Waals surface area (Å²) < 4.78 is 11.7. The van der Waals surface area contributed by atoms with E-state index in [1.807, 2.05) is 58.3 Å². The molecule has 0 N–H and O–H groups in total. The third kappa shape index (κ3) is 4.23. The fraction of sp³-hybridized carbons (Fsp3) is 0.481. The van der Waals surface area contributed by atoms with Crippen molar-refractivity contribution in [2.75, 3.05) is 32.8 Å². The SMILES string of the molecule is CCCCN1C(=O)c2ccccc2[C@@H](C(=O)N2CCC3(CC2)OCCO3)[C@@H]1c1cccc(Cl)c1. The number of unbranched alkanes of at least 4 members (excludes halogenated alkanes) is 1. The Morgan fingerprint density at radius 3 is 2.53 bits per heavy atom. The summed E-state index contributed by atoms with van der Waals surface area (Å²) in [4.78, 5) is 31.6. The van der Waals surface area contributed by atoms with Crippen molar-refractivity contribution in [3.63, 3.8) is 0 Å². The molecule has 2 amide bonds. The maximum Gasteiger partial charge on any atom is 0.254 e. The van der Waals surface area contributed by atoms with Gasteiger partial charge in [-0.3, -0.25) is 9.59 Å². The van der Waals surface area contributed by atoms with Crippen molar-refractivity contribution in [3.8, 4) is 0 Å². The lowest BCUT2D eigenvalue weighted by atomic mass is 9.78. The quantitative estimate of drug-likeness (QED) is 0.615. The number of amides is 2. The van der Waals surface area contributed by atoms with Crippen molar-refractivity contribution in [1.82, 2.24) is 9.80 Å². The Hall–Kier alpha value is -2.41. The van der Waals surface area contributed by atoms with Crippen LogP contribution < -0.4 is 0 Å². The van der Waals surface area contributed by atoms with Gasteiger partial charge in [0.1, 0.15) is 0 Å². The Labute approximate surface area is 205 Å². The molecule has 5 rings (SSSR count). The highest BCUT2D eigenvalue weighted by atomic mass is 35.5. The van der Waals surface area contributed by atoms with Crippen LogP contribution in [0.3, 0.4) is 0 Å².